The van der Waals surface area contributed by atoms with E-state index < -0.39 is 38.5 Å². The average Bonchev–Trinajstić information content (AvgIpc) is 3.17. The summed E-state index contributed by atoms with van der Waals surface area (Å²) in [4.78, 5) is 12.3. The summed E-state index contributed by atoms with van der Waals surface area (Å²) >= 11 is 1.02. The summed E-state index contributed by atoms with van der Waals surface area (Å²) < 4.78 is 55.0. The van der Waals surface area contributed by atoms with E-state index in [-0.39, 0.29) is 16.6 Å². The summed E-state index contributed by atoms with van der Waals surface area (Å²) in [5.74, 6) is -2.16. The second-order valence-corrected chi connectivity index (χ2v) is 9.86. The molecule has 0 spiro atoms. The summed E-state index contributed by atoms with van der Waals surface area (Å²) in [6.45, 7) is 5.29. The van der Waals surface area contributed by atoms with Crippen molar-refractivity contribution in [3.63, 3.8) is 0 Å². The van der Waals surface area contributed by atoms with Crippen LogP contribution in [0.4, 0.5) is 13.9 Å². The number of anilines is 1. The molecule has 164 valence electrons. The third-order valence-electron chi connectivity index (χ3n) is 4.55. The predicted octanol–water partition coefficient (Wildman–Crippen LogP) is 3.69. The fourth-order valence-corrected chi connectivity index (χ4v) is 4.82. The lowest BCUT2D eigenvalue weighted by Crippen LogP contribution is -2.24. The molecule has 0 saturated carbocycles. The Morgan fingerprint density at radius 2 is 1.81 bits per heavy atom. The van der Waals surface area contributed by atoms with Crippen LogP contribution in [-0.2, 0) is 15.4 Å². The summed E-state index contributed by atoms with van der Waals surface area (Å²) in [6.07, 6.45) is 0. The molecule has 0 fully saturated rings. The molecule has 0 aliphatic rings. The maximum atomic E-state index is 14.2. The van der Waals surface area contributed by atoms with Crippen molar-refractivity contribution >= 4 is 32.4 Å². The van der Waals surface area contributed by atoms with Gasteiger partial charge in [-0.15, -0.1) is 10.2 Å². The van der Waals surface area contributed by atoms with Crippen LogP contribution in [0.1, 0.15) is 41.7 Å². The summed E-state index contributed by atoms with van der Waals surface area (Å²) in [5.41, 5.74) is -0.864. The Labute approximate surface area is 182 Å². The number of nitrogens with one attached hydrogen (secondary N) is 2. The smallest absolute Gasteiger partial charge is 0.260 e. The zero-order valence-corrected chi connectivity index (χ0v) is 18.6. The van der Waals surface area contributed by atoms with Gasteiger partial charge in [-0.3, -0.25) is 10.1 Å². The molecule has 1 amide bonds. The van der Waals surface area contributed by atoms with Crippen LogP contribution in [0.5, 0.6) is 0 Å². The highest BCUT2D eigenvalue weighted by Gasteiger charge is 2.30. The Kier molecular flexibility index (Phi) is 6.48. The zero-order chi connectivity index (χ0) is 22.8. The van der Waals surface area contributed by atoms with Crippen molar-refractivity contribution in [2.45, 2.75) is 31.1 Å². The first-order chi connectivity index (χ1) is 14.6. The minimum atomic E-state index is -3.86. The number of nitrogens with zero attached hydrogens (tertiary/aromatic N) is 2. The van der Waals surface area contributed by atoms with Gasteiger partial charge in [0.25, 0.3) is 5.91 Å². The number of benzene rings is 2. The molecule has 1 heterocycles. The Morgan fingerprint density at radius 3 is 2.48 bits per heavy atom. The molecular formula is C20H20F2N4O3S2. The van der Waals surface area contributed by atoms with E-state index in [0.717, 1.165) is 29.5 Å². The molecule has 31 heavy (non-hydrogen) atoms. The Morgan fingerprint density at radius 1 is 1.10 bits per heavy atom. The quantitative estimate of drug-likeness (QED) is 0.553. The van der Waals surface area contributed by atoms with Gasteiger partial charge in [0.15, 0.2) is 0 Å². The van der Waals surface area contributed by atoms with Crippen LogP contribution >= 0.6 is 11.3 Å². The van der Waals surface area contributed by atoms with E-state index in [1.807, 2.05) is 0 Å². The third-order valence-corrected chi connectivity index (χ3v) is 7.26. The van der Waals surface area contributed by atoms with Crippen LogP contribution in [-0.4, -0.2) is 31.1 Å². The Hall–Kier alpha value is -2.76. The minimum Gasteiger partial charge on any atom is -0.296 e. The van der Waals surface area contributed by atoms with Gasteiger partial charge < -0.3 is 0 Å². The largest absolute Gasteiger partial charge is 0.296 e. The molecule has 7 nitrogen and oxygen atoms in total. The predicted molar refractivity (Wildman–Crippen MR) is 114 cm³/mol. The van der Waals surface area contributed by atoms with Crippen molar-refractivity contribution in [2.24, 2.45) is 0 Å². The zero-order valence-electron chi connectivity index (χ0n) is 16.9. The molecule has 0 aliphatic heterocycles. The van der Waals surface area contributed by atoms with Crippen LogP contribution in [0, 0.1) is 11.6 Å². The molecule has 1 aromatic heterocycles. The van der Waals surface area contributed by atoms with Gasteiger partial charge in [-0.2, -0.15) is 0 Å². The molecule has 0 aliphatic carbocycles. The monoisotopic (exact) mass is 466 g/mol. The van der Waals surface area contributed by atoms with Gasteiger partial charge >= 0.3 is 0 Å². The van der Waals surface area contributed by atoms with E-state index in [9.17, 15) is 22.0 Å². The molecular weight excluding hydrogens is 446 g/mol. The lowest BCUT2D eigenvalue weighted by atomic mass is 9.85. The molecule has 3 aromatic rings. The minimum absolute atomic E-state index is 0.0729. The maximum absolute atomic E-state index is 14.2. The third kappa shape index (κ3) is 4.78. The van der Waals surface area contributed by atoms with Crippen molar-refractivity contribution in [3.8, 4) is 0 Å². The second-order valence-electron chi connectivity index (χ2n) is 7.11. The number of amides is 1. The summed E-state index contributed by atoms with van der Waals surface area (Å²) in [5, 5.41) is 10.9. The molecule has 0 unspecified atom stereocenters. The highest BCUT2D eigenvalue weighted by Crippen LogP contribution is 2.36. The molecule has 11 heteroatoms. The van der Waals surface area contributed by atoms with E-state index in [0.29, 0.717) is 10.6 Å². The number of aromatic nitrogens is 2. The SMILES string of the molecule is CCNS(=O)(=O)c1ccc(F)c(C(=O)Nc2nnc(C(C)(C)c3ccccc3F)s2)c1. The molecule has 0 bridgehead atoms. The Bertz CT molecular complexity index is 1230. The van der Waals surface area contributed by atoms with E-state index in [4.69, 9.17) is 0 Å². The van der Waals surface area contributed by atoms with Crippen LogP contribution in [0.15, 0.2) is 47.4 Å². The van der Waals surface area contributed by atoms with E-state index in [2.05, 4.69) is 20.2 Å². The number of rotatable bonds is 7. The van der Waals surface area contributed by atoms with Gasteiger partial charge in [-0.25, -0.2) is 21.9 Å². The van der Waals surface area contributed by atoms with Crippen molar-refractivity contribution in [1.29, 1.82) is 0 Å². The fourth-order valence-electron chi connectivity index (χ4n) is 2.89. The molecule has 3 rings (SSSR count). The van der Waals surface area contributed by atoms with Gasteiger partial charge in [-0.05, 0) is 38.1 Å². The van der Waals surface area contributed by atoms with E-state index >= 15 is 0 Å². The van der Waals surface area contributed by atoms with Gasteiger partial charge in [0.2, 0.25) is 15.2 Å². The molecule has 0 saturated heterocycles. The maximum Gasteiger partial charge on any atom is 0.260 e. The number of carbonyl (C=O) groups is 1. The second kappa shape index (κ2) is 8.77. The lowest BCUT2D eigenvalue weighted by Gasteiger charge is -2.22. The summed E-state index contributed by atoms with van der Waals surface area (Å²) in [6, 6.07) is 9.21. The van der Waals surface area contributed by atoms with Crippen molar-refractivity contribution in [1.82, 2.24) is 14.9 Å². The highest BCUT2D eigenvalue weighted by molar-refractivity contribution is 7.89. The number of carbonyl (C=O) groups excluding carboxylic acids is 1. The normalized spacial score (nSPS) is 12.0. The van der Waals surface area contributed by atoms with Crippen LogP contribution in [0.2, 0.25) is 0 Å². The standard InChI is InChI=1S/C20H20F2N4O3S2/c1-4-23-31(28,29)12-9-10-15(21)13(11-12)17(27)24-19-26-25-18(30-19)20(2,3)14-7-5-6-8-16(14)22/h5-11,23H,4H2,1-3H3,(H,24,26,27). The molecule has 2 N–H and O–H groups in total. The van der Waals surface area contributed by atoms with Crippen molar-refractivity contribution < 1.29 is 22.0 Å². The van der Waals surface area contributed by atoms with E-state index in [1.165, 1.54) is 6.07 Å². The van der Waals surface area contributed by atoms with Crippen molar-refractivity contribution in [3.05, 3.63) is 70.2 Å². The topological polar surface area (TPSA) is 101 Å². The van der Waals surface area contributed by atoms with Crippen LogP contribution in [0.3, 0.4) is 0 Å². The average molecular weight is 467 g/mol. The highest BCUT2D eigenvalue weighted by atomic mass is 32.2. The van der Waals surface area contributed by atoms with Crippen LogP contribution < -0.4 is 10.0 Å². The number of hydrogen-bond donors (Lipinski definition) is 2. The fraction of sp³-hybridized carbons (Fsp3) is 0.250. The summed E-state index contributed by atoms with van der Waals surface area (Å²) in [7, 11) is -3.86. The molecule has 0 atom stereocenters. The first kappa shape index (κ1) is 22.9. The van der Waals surface area contributed by atoms with Crippen molar-refractivity contribution in [2.75, 3.05) is 11.9 Å². The van der Waals surface area contributed by atoms with E-state index in [1.54, 1.807) is 39.0 Å². The number of hydrogen-bond acceptors (Lipinski definition) is 6. The molecule has 2 aromatic carbocycles. The van der Waals surface area contributed by atoms with Gasteiger partial charge in [-0.1, -0.05) is 36.5 Å². The van der Waals surface area contributed by atoms with Crippen LogP contribution in [0.25, 0.3) is 0 Å². The first-order valence-electron chi connectivity index (χ1n) is 9.26. The van der Waals surface area contributed by atoms with Gasteiger partial charge in [0.1, 0.15) is 16.6 Å². The Balaban J connectivity index is 1.86. The first-order valence-corrected chi connectivity index (χ1v) is 11.6. The van der Waals surface area contributed by atoms with Gasteiger partial charge in [0.05, 0.1) is 10.5 Å². The lowest BCUT2D eigenvalue weighted by molar-refractivity contribution is 0.102. The molecule has 0 radical (unpaired) electrons. The van der Waals surface area contributed by atoms with Gasteiger partial charge in [0, 0.05) is 17.5 Å². The number of sulfonamides is 1. The number of halogens is 2.